The van der Waals surface area contributed by atoms with Crippen molar-refractivity contribution in [3.63, 3.8) is 0 Å². The Labute approximate surface area is 187 Å². The average Bonchev–Trinajstić information content (AvgIpc) is 3.02. The van der Waals surface area contributed by atoms with E-state index in [0.29, 0.717) is 24.5 Å². The van der Waals surface area contributed by atoms with Crippen LogP contribution in [0.4, 0.5) is 10.5 Å². The summed E-state index contributed by atoms with van der Waals surface area (Å²) in [7, 11) is 0. The van der Waals surface area contributed by atoms with Gasteiger partial charge < -0.3 is 19.9 Å². The lowest BCUT2D eigenvalue weighted by molar-refractivity contribution is -0.122. The molecule has 0 saturated carbocycles. The largest absolute Gasteiger partial charge is 0.492 e. The fraction of sp³-hybridized carbons (Fsp3) is 0.478. The quantitative estimate of drug-likeness (QED) is 0.680. The molecule has 0 bridgehead atoms. The third kappa shape index (κ3) is 4.76. The monoisotopic (exact) mass is 442 g/mol. The van der Waals surface area contributed by atoms with Crippen molar-refractivity contribution in [2.75, 3.05) is 11.9 Å². The molecule has 0 unspecified atom stereocenters. The molecule has 2 heterocycles. The van der Waals surface area contributed by atoms with Gasteiger partial charge in [-0.1, -0.05) is 26.8 Å². The van der Waals surface area contributed by atoms with E-state index in [2.05, 4.69) is 29.1 Å². The summed E-state index contributed by atoms with van der Waals surface area (Å²) in [5.41, 5.74) is 0.383. The van der Waals surface area contributed by atoms with Crippen molar-refractivity contribution < 1.29 is 24.2 Å². The number of benzene rings is 1. The number of fused-ring (bicyclic) bond motifs is 1. The molecule has 1 aromatic heterocycles. The number of nitrogens with zero attached hydrogens (tertiary/aromatic N) is 3. The van der Waals surface area contributed by atoms with Crippen LogP contribution in [0, 0.1) is 0 Å². The Bertz CT molecular complexity index is 998. The highest BCUT2D eigenvalue weighted by Crippen LogP contribution is 2.44. The first-order valence-electron chi connectivity index (χ1n) is 10.5. The Hall–Kier alpha value is -3.36. The zero-order valence-electron chi connectivity index (χ0n) is 19.3. The first kappa shape index (κ1) is 23.3. The highest BCUT2D eigenvalue weighted by molar-refractivity contribution is 5.96. The fourth-order valence-corrected chi connectivity index (χ4v) is 3.84. The van der Waals surface area contributed by atoms with E-state index in [1.54, 1.807) is 27.7 Å². The molecular formula is C23H30N4O5. The second kappa shape index (κ2) is 8.64. The Morgan fingerprint density at radius 2 is 1.94 bits per heavy atom. The Morgan fingerprint density at radius 3 is 2.50 bits per heavy atom. The Balaban J connectivity index is 1.74. The molecule has 3 rings (SSSR count). The SMILES string of the molecule is CC[C@H](C(=O)Nc1cnc(Oc2cccc3c2C(C)(C)CO3)nc1)N(C(=O)O)C(C)(C)C. The maximum atomic E-state index is 12.8. The Kier molecular flexibility index (Phi) is 6.29. The number of ether oxygens (including phenoxy) is 2. The molecule has 172 valence electrons. The van der Waals surface area contributed by atoms with Crippen LogP contribution in [-0.4, -0.2) is 50.2 Å². The van der Waals surface area contributed by atoms with Gasteiger partial charge in [-0.25, -0.2) is 14.8 Å². The van der Waals surface area contributed by atoms with Crippen molar-refractivity contribution in [1.82, 2.24) is 14.9 Å². The number of hydrogen-bond acceptors (Lipinski definition) is 6. The van der Waals surface area contributed by atoms with E-state index in [9.17, 15) is 14.7 Å². The van der Waals surface area contributed by atoms with E-state index < -0.39 is 23.6 Å². The Morgan fingerprint density at radius 1 is 1.28 bits per heavy atom. The predicted molar refractivity (Wildman–Crippen MR) is 119 cm³/mol. The lowest BCUT2D eigenvalue weighted by Gasteiger charge is -2.38. The highest BCUT2D eigenvalue weighted by atomic mass is 16.5. The van der Waals surface area contributed by atoms with Gasteiger partial charge in [0, 0.05) is 16.5 Å². The van der Waals surface area contributed by atoms with Crippen molar-refractivity contribution >= 4 is 17.7 Å². The molecular weight excluding hydrogens is 412 g/mol. The summed E-state index contributed by atoms with van der Waals surface area (Å²) < 4.78 is 11.6. The van der Waals surface area contributed by atoms with Crippen LogP contribution in [-0.2, 0) is 10.2 Å². The van der Waals surface area contributed by atoms with E-state index in [1.165, 1.54) is 12.4 Å². The molecule has 0 aliphatic carbocycles. The van der Waals surface area contributed by atoms with Crippen LogP contribution in [0.2, 0.25) is 0 Å². The molecule has 0 fully saturated rings. The molecule has 2 N–H and O–H groups in total. The molecule has 32 heavy (non-hydrogen) atoms. The number of carboxylic acid groups (broad SMARTS) is 1. The van der Waals surface area contributed by atoms with Gasteiger partial charge in [-0.05, 0) is 39.3 Å². The summed E-state index contributed by atoms with van der Waals surface area (Å²) in [4.78, 5) is 34.1. The summed E-state index contributed by atoms with van der Waals surface area (Å²) in [5.74, 6) is 0.959. The smallest absolute Gasteiger partial charge is 0.408 e. The van der Waals surface area contributed by atoms with Crippen LogP contribution in [0.1, 0.15) is 53.5 Å². The fourth-order valence-electron chi connectivity index (χ4n) is 3.84. The number of aromatic nitrogens is 2. The third-order valence-electron chi connectivity index (χ3n) is 5.28. The van der Waals surface area contributed by atoms with Crippen molar-refractivity contribution in [3.05, 3.63) is 36.2 Å². The van der Waals surface area contributed by atoms with Crippen LogP contribution in [0.15, 0.2) is 30.6 Å². The van der Waals surface area contributed by atoms with E-state index in [-0.39, 0.29) is 11.4 Å². The normalized spacial score (nSPS) is 15.3. The molecule has 1 atom stereocenters. The second-order valence-corrected chi connectivity index (χ2v) is 9.39. The van der Waals surface area contributed by atoms with Gasteiger partial charge in [-0.3, -0.25) is 9.69 Å². The maximum Gasteiger partial charge on any atom is 0.408 e. The minimum Gasteiger partial charge on any atom is -0.492 e. The molecule has 9 nitrogen and oxygen atoms in total. The summed E-state index contributed by atoms with van der Waals surface area (Å²) in [5, 5.41) is 12.3. The van der Waals surface area contributed by atoms with Crippen LogP contribution < -0.4 is 14.8 Å². The number of carbonyl (C=O) groups excluding carboxylic acids is 1. The van der Waals surface area contributed by atoms with Gasteiger partial charge in [0.25, 0.3) is 0 Å². The average molecular weight is 443 g/mol. The standard InChI is InChI=1S/C23H30N4O5/c1-7-15(27(21(29)30)22(2,3)4)19(28)26-14-11-24-20(25-12-14)32-17-10-8-9-16-18(17)23(5,6)13-31-16/h8-12,15H,7,13H2,1-6H3,(H,26,28)(H,29,30)/t15-/m1/s1. The first-order valence-corrected chi connectivity index (χ1v) is 10.5. The zero-order chi connectivity index (χ0) is 23.7. The lowest BCUT2D eigenvalue weighted by atomic mass is 9.86. The molecule has 9 heteroatoms. The lowest BCUT2D eigenvalue weighted by Crippen LogP contribution is -2.55. The van der Waals surface area contributed by atoms with E-state index >= 15 is 0 Å². The van der Waals surface area contributed by atoms with Crippen molar-refractivity contribution in [1.29, 1.82) is 0 Å². The van der Waals surface area contributed by atoms with Gasteiger partial charge in [0.2, 0.25) is 5.91 Å². The van der Waals surface area contributed by atoms with E-state index in [0.717, 1.165) is 16.2 Å². The number of nitrogens with one attached hydrogen (secondary N) is 1. The van der Waals surface area contributed by atoms with Gasteiger partial charge in [-0.15, -0.1) is 0 Å². The van der Waals surface area contributed by atoms with Gasteiger partial charge >= 0.3 is 12.1 Å². The van der Waals surface area contributed by atoms with E-state index in [1.807, 2.05) is 18.2 Å². The third-order valence-corrected chi connectivity index (χ3v) is 5.28. The zero-order valence-corrected chi connectivity index (χ0v) is 19.3. The van der Waals surface area contributed by atoms with E-state index in [4.69, 9.17) is 9.47 Å². The van der Waals surface area contributed by atoms with Gasteiger partial charge in [-0.2, -0.15) is 0 Å². The predicted octanol–water partition coefficient (Wildman–Crippen LogP) is 4.43. The summed E-state index contributed by atoms with van der Waals surface area (Å²) >= 11 is 0. The maximum absolute atomic E-state index is 12.8. The van der Waals surface area contributed by atoms with Gasteiger partial charge in [0.1, 0.15) is 17.5 Å². The molecule has 1 aromatic carbocycles. The van der Waals surface area contributed by atoms with Crippen molar-refractivity contribution in [2.24, 2.45) is 0 Å². The van der Waals surface area contributed by atoms with Crippen molar-refractivity contribution in [3.8, 4) is 17.5 Å². The molecule has 2 aromatic rings. The summed E-state index contributed by atoms with van der Waals surface area (Å²) in [6.07, 6.45) is 2.04. The molecule has 1 aliphatic rings. The molecule has 2 amide bonds. The molecule has 0 spiro atoms. The number of rotatable bonds is 6. The van der Waals surface area contributed by atoms with Crippen LogP contribution in [0.25, 0.3) is 0 Å². The molecule has 0 saturated heterocycles. The molecule has 1 aliphatic heterocycles. The number of amides is 2. The summed E-state index contributed by atoms with van der Waals surface area (Å²) in [6.45, 7) is 11.7. The van der Waals surface area contributed by atoms with Gasteiger partial charge in [0.05, 0.1) is 24.7 Å². The number of anilines is 1. The van der Waals surface area contributed by atoms with Crippen LogP contribution >= 0.6 is 0 Å². The van der Waals surface area contributed by atoms with Crippen LogP contribution in [0.3, 0.4) is 0 Å². The summed E-state index contributed by atoms with van der Waals surface area (Å²) in [6, 6.07) is 4.87. The molecule has 0 radical (unpaired) electrons. The topological polar surface area (TPSA) is 114 Å². The second-order valence-electron chi connectivity index (χ2n) is 9.39. The van der Waals surface area contributed by atoms with Gasteiger partial charge in [0.15, 0.2) is 0 Å². The number of hydrogen-bond donors (Lipinski definition) is 2. The number of carbonyl (C=O) groups is 2. The highest BCUT2D eigenvalue weighted by Gasteiger charge is 2.37. The minimum atomic E-state index is -1.15. The van der Waals surface area contributed by atoms with Crippen molar-refractivity contribution in [2.45, 2.75) is 65.0 Å². The van der Waals surface area contributed by atoms with Crippen LogP contribution in [0.5, 0.6) is 17.5 Å². The first-order chi connectivity index (χ1) is 14.9. The minimum absolute atomic E-state index is 0.132.